The monoisotopic (exact) mass is 226 g/mol. The average Bonchev–Trinajstić information content (AvgIpc) is 2.60. The summed E-state index contributed by atoms with van der Waals surface area (Å²) in [5.41, 5.74) is 0. The van der Waals surface area contributed by atoms with E-state index in [0.29, 0.717) is 19.4 Å². The first-order chi connectivity index (χ1) is 6.94. The molecule has 0 aromatic rings. The first kappa shape index (κ1) is 12.1. The number of alkyl halides is 3. The van der Waals surface area contributed by atoms with E-state index in [1.807, 2.05) is 0 Å². The molecule has 0 aliphatic carbocycles. The van der Waals surface area contributed by atoms with E-state index in [0.717, 1.165) is 0 Å². The normalized spacial score (nSPS) is 21.9. The zero-order chi connectivity index (χ0) is 11.5. The quantitative estimate of drug-likeness (QED) is 0.728. The Morgan fingerprint density at radius 1 is 1.53 bits per heavy atom. The minimum absolute atomic E-state index is 0.209. The van der Waals surface area contributed by atoms with Gasteiger partial charge in [-0.3, -0.25) is 0 Å². The maximum Gasteiger partial charge on any atom is 0.405 e. The Morgan fingerprint density at radius 2 is 2.20 bits per heavy atom. The highest BCUT2D eigenvalue weighted by molar-refractivity contribution is 5.74. The van der Waals surface area contributed by atoms with E-state index in [4.69, 9.17) is 5.11 Å². The molecule has 7 heteroatoms. The van der Waals surface area contributed by atoms with Crippen molar-refractivity contribution >= 4 is 6.03 Å². The molecule has 1 heterocycles. The van der Waals surface area contributed by atoms with Crippen LogP contribution in [-0.4, -0.2) is 48.0 Å². The molecule has 1 rings (SSSR count). The summed E-state index contributed by atoms with van der Waals surface area (Å²) in [5.74, 6) is 0. The summed E-state index contributed by atoms with van der Waals surface area (Å²) >= 11 is 0. The Labute approximate surface area is 85.1 Å². The highest BCUT2D eigenvalue weighted by Gasteiger charge is 2.32. The Balaban J connectivity index is 2.40. The smallest absolute Gasteiger partial charge is 0.394 e. The SMILES string of the molecule is O=C(NCC(F)(F)F)N1CCCC1CO. The van der Waals surface area contributed by atoms with Gasteiger partial charge in [0.05, 0.1) is 12.6 Å². The topological polar surface area (TPSA) is 52.6 Å². The number of aliphatic hydroxyl groups is 1. The summed E-state index contributed by atoms with van der Waals surface area (Å²) < 4.78 is 35.4. The highest BCUT2D eigenvalue weighted by atomic mass is 19.4. The van der Waals surface area contributed by atoms with E-state index in [2.05, 4.69) is 0 Å². The number of hydrogen-bond acceptors (Lipinski definition) is 2. The Morgan fingerprint density at radius 3 is 2.73 bits per heavy atom. The maximum absolute atomic E-state index is 11.8. The Kier molecular flexibility index (Phi) is 3.78. The van der Waals surface area contributed by atoms with Gasteiger partial charge in [-0.15, -0.1) is 0 Å². The zero-order valence-electron chi connectivity index (χ0n) is 8.05. The van der Waals surface area contributed by atoms with E-state index in [1.54, 1.807) is 5.32 Å². The molecule has 4 nitrogen and oxygen atoms in total. The number of aliphatic hydroxyl groups excluding tert-OH is 1. The number of likely N-dealkylation sites (tertiary alicyclic amines) is 1. The van der Waals surface area contributed by atoms with Gasteiger partial charge in [0, 0.05) is 6.54 Å². The summed E-state index contributed by atoms with van der Waals surface area (Å²) in [5, 5.41) is 10.6. The van der Waals surface area contributed by atoms with Gasteiger partial charge in [0.1, 0.15) is 6.54 Å². The number of rotatable bonds is 2. The largest absolute Gasteiger partial charge is 0.405 e. The lowest BCUT2D eigenvalue weighted by Crippen LogP contribution is -2.46. The van der Waals surface area contributed by atoms with Crippen LogP contribution >= 0.6 is 0 Å². The summed E-state index contributed by atoms with van der Waals surface area (Å²) in [7, 11) is 0. The minimum atomic E-state index is -4.40. The van der Waals surface area contributed by atoms with Crippen molar-refractivity contribution in [1.29, 1.82) is 0 Å². The molecule has 2 amide bonds. The van der Waals surface area contributed by atoms with Gasteiger partial charge in [-0.1, -0.05) is 0 Å². The number of amides is 2. The molecule has 15 heavy (non-hydrogen) atoms. The van der Waals surface area contributed by atoms with Crippen LogP contribution < -0.4 is 5.32 Å². The van der Waals surface area contributed by atoms with Crippen molar-refractivity contribution < 1.29 is 23.1 Å². The van der Waals surface area contributed by atoms with Gasteiger partial charge in [0.2, 0.25) is 0 Å². The molecule has 0 aromatic carbocycles. The van der Waals surface area contributed by atoms with Gasteiger partial charge in [0.25, 0.3) is 0 Å². The van der Waals surface area contributed by atoms with Crippen molar-refractivity contribution in [3.05, 3.63) is 0 Å². The number of carbonyl (C=O) groups excluding carboxylic acids is 1. The number of hydrogen-bond donors (Lipinski definition) is 2. The second-order valence-corrected chi connectivity index (χ2v) is 3.45. The molecule has 1 aliphatic rings. The predicted octanol–water partition coefficient (Wildman–Crippen LogP) is 0.715. The molecule has 0 aromatic heterocycles. The number of urea groups is 1. The van der Waals surface area contributed by atoms with Crippen LogP contribution in [0.15, 0.2) is 0 Å². The van der Waals surface area contributed by atoms with E-state index >= 15 is 0 Å². The number of nitrogens with one attached hydrogen (secondary N) is 1. The summed E-state index contributed by atoms with van der Waals surface area (Å²) in [6.07, 6.45) is -3.05. The van der Waals surface area contributed by atoms with Crippen molar-refractivity contribution in [2.45, 2.75) is 25.1 Å². The number of carbonyl (C=O) groups is 1. The van der Waals surface area contributed by atoms with Crippen molar-refractivity contribution in [1.82, 2.24) is 10.2 Å². The molecule has 0 spiro atoms. The second-order valence-electron chi connectivity index (χ2n) is 3.45. The van der Waals surface area contributed by atoms with Crippen molar-refractivity contribution in [3.8, 4) is 0 Å². The van der Waals surface area contributed by atoms with E-state index in [1.165, 1.54) is 4.90 Å². The van der Waals surface area contributed by atoms with E-state index in [-0.39, 0.29) is 12.6 Å². The van der Waals surface area contributed by atoms with Crippen LogP contribution in [0.5, 0.6) is 0 Å². The maximum atomic E-state index is 11.8. The zero-order valence-corrected chi connectivity index (χ0v) is 8.05. The first-order valence-corrected chi connectivity index (χ1v) is 4.66. The summed E-state index contributed by atoms with van der Waals surface area (Å²) in [6.45, 7) is -1.14. The minimum Gasteiger partial charge on any atom is -0.394 e. The van der Waals surface area contributed by atoms with Gasteiger partial charge < -0.3 is 15.3 Å². The third kappa shape index (κ3) is 3.58. The van der Waals surface area contributed by atoms with Crippen LogP contribution in [0.4, 0.5) is 18.0 Å². The molecule has 88 valence electrons. The molecule has 0 radical (unpaired) electrons. The van der Waals surface area contributed by atoms with Gasteiger partial charge in [0.15, 0.2) is 0 Å². The first-order valence-electron chi connectivity index (χ1n) is 4.66. The lowest BCUT2D eigenvalue weighted by atomic mass is 10.2. The molecular weight excluding hydrogens is 213 g/mol. The van der Waals surface area contributed by atoms with Crippen LogP contribution in [0.1, 0.15) is 12.8 Å². The fourth-order valence-corrected chi connectivity index (χ4v) is 1.57. The lowest BCUT2D eigenvalue weighted by Gasteiger charge is -2.23. The van der Waals surface area contributed by atoms with Crippen LogP contribution in [0, 0.1) is 0 Å². The third-order valence-electron chi connectivity index (χ3n) is 2.29. The molecule has 0 bridgehead atoms. The fourth-order valence-electron chi connectivity index (χ4n) is 1.57. The lowest BCUT2D eigenvalue weighted by molar-refractivity contribution is -0.123. The van der Waals surface area contributed by atoms with Crippen molar-refractivity contribution in [2.75, 3.05) is 19.7 Å². The molecule has 1 atom stereocenters. The molecular formula is C8H13F3N2O2. The van der Waals surface area contributed by atoms with E-state index in [9.17, 15) is 18.0 Å². The van der Waals surface area contributed by atoms with Crippen LogP contribution in [-0.2, 0) is 0 Å². The predicted molar refractivity (Wildman–Crippen MR) is 46.3 cm³/mol. The molecule has 1 unspecified atom stereocenters. The molecule has 1 fully saturated rings. The average molecular weight is 226 g/mol. The summed E-state index contributed by atoms with van der Waals surface area (Å²) in [6, 6.07) is -1.11. The van der Waals surface area contributed by atoms with E-state index < -0.39 is 18.8 Å². The molecule has 0 saturated carbocycles. The summed E-state index contributed by atoms with van der Waals surface area (Å²) in [4.78, 5) is 12.5. The van der Waals surface area contributed by atoms with Crippen molar-refractivity contribution in [3.63, 3.8) is 0 Å². The van der Waals surface area contributed by atoms with Gasteiger partial charge in [-0.2, -0.15) is 13.2 Å². The van der Waals surface area contributed by atoms with Crippen LogP contribution in [0.25, 0.3) is 0 Å². The third-order valence-corrected chi connectivity index (χ3v) is 2.29. The van der Waals surface area contributed by atoms with Gasteiger partial charge >= 0.3 is 12.2 Å². The molecule has 2 N–H and O–H groups in total. The molecule has 1 saturated heterocycles. The second kappa shape index (κ2) is 4.69. The highest BCUT2D eigenvalue weighted by Crippen LogP contribution is 2.17. The van der Waals surface area contributed by atoms with Gasteiger partial charge in [-0.25, -0.2) is 4.79 Å². The number of nitrogens with zero attached hydrogens (tertiary/aromatic N) is 1. The Hall–Kier alpha value is -0.980. The van der Waals surface area contributed by atoms with Crippen LogP contribution in [0.3, 0.4) is 0 Å². The molecule has 1 aliphatic heterocycles. The fraction of sp³-hybridized carbons (Fsp3) is 0.875. The standard InChI is InChI=1S/C8H13F3N2O2/c9-8(10,11)5-12-7(15)13-3-1-2-6(13)4-14/h6,14H,1-5H2,(H,12,15). The number of halogens is 3. The Bertz CT molecular complexity index is 232. The van der Waals surface area contributed by atoms with Crippen molar-refractivity contribution in [2.24, 2.45) is 0 Å². The van der Waals surface area contributed by atoms with Gasteiger partial charge in [-0.05, 0) is 12.8 Å². The van der Waals surface area contributed by atoms with Crippen LogP contribution in [0.2, 0.25) is 0 Å².